The smallest absolute Gasteiger partial charge is 0.337 e. The van der Waals surface area contributed by atoms with Crippen LogP contribution in [0.5, 0.6) is 0 Å². The highest BCUT2D eigenvalue weighted by Crippen LogP contribution is 2.46. The van der Waals surface area contributed by atoms with Gasteiger partial charge in [0.25, 0.3) is 0 Å². The SMILES string of the molecule is [2H]C([2H])([2H])c1nnn(C)c1-c1cnc2c3ccc(C(=O)OC)cc3n(C(c3ccccc3)C3CCC(F)(F)CC3)c2c1. The normalized spacial score (nSPS) is 18.0. The second kappa shape index (κ2) is 9.55. The number of benzene rings is 2. The fourth-order valence-electron chi connectivity index (χ4n) is 5.92. The highest BCUT2D eigenvalue weighted by atomic mass is 19.3. The summed E-state index contributed by atoms with van der Waals surface area (Å²) in [5.41, 5.74) is 3.96. The molecule has 2 aromatic carbocycles. The van der Waals surface area contributed by atoms with Gasteiger partial charge in [0.1, 0.15) is 0 Å². The van der Waals surface area contributed by atoms with Gasteiger partial charge >= 0.3 is 5.97 Å². The largest absolute Gasteiger partial charge is 0.465 e. The maximum absolute atomic E-state index is 14.3. The Morgan fingerprint density at radius 3 is 2.62 bits per heavy atom. The standard InChI is InChI=1S/C30H29F2N5O2/c1-18-27(36(2)35-34-18)22-16-25-26(33-17-22)23-10-9-21(29(38)39-3)15-24(23)37(25)28(19-7-5-4-6-8-19)20-11-13-30(31,32)14-12-20/h4-10,15-17,20,28H,11-14H2,1-3H3/i1D3. The lowest BCUT2D eigenvalue weighted by Crippen LogP contribution is -2.30. The maximum atomic E-state index is 14.3. The van der Waals surface area contributed by atoms with Crippen LogP contribution in [0.1, 0.15) is 57.5 Å². The Balaban J connectivity index is 1.66. The number of aromatic nitrogens is 5. The van der Waals surface area contributed by atoms with Gasteiger partial charge in [0, 0.05) is 41.1 Å². The van der Waals surface area contributed by atoms with E-state index in [1.165, 1.54) is 11.8 Å². The van der Waals surface area contributed by atoms with Crippen LogP contribution in [0.2, 0.25) is 0 Å². The Kier molecular flexibility index (Phi) is 5.33. The van der Waals surface area contributed by atoms with Crippen molar-refractivity contribution >= 4 is 27.9 Å². The Morgan fingerprint density at radius 2 is 1.90 bits per heavy atom. The number of carbonyl (C=O) groups is 1. The lowest BCUT2D eigenvalue weighted by molar-refractivity contribution is -0.0493. The van der Waals surface area contributed by atoms with E-state index >= 15 is 0 Å². The van der Waals surface area contributed by atoms with Crippen molar-refractivity contribution in [3.8, 4) is 11.3 Å². The van der Waals surface area contributed by atoms with Gasteiger partial charge in [-0.15, -0.1) is 5.10 Å². The number of hydrogen-bond acceptors (Lipinski definition) is 5. The van der Waals surface area contributed by atoms with Gasteiger partial charge < -0.3 is 9.30 Å². The van der Waals surface area contributed by atoms with Crippen molar-refractivity contribution in [2.45, 2.75) is 44.5 Å². The molecule has 1 fully saturated rings. The van der Waals surface area contributed by atoms with E-state index in [1.54, 1.807) is 25.4 Å². The second-order valence-corrected chi connectivity index (χ2v) is 10.1. The summed E-state index contributed by atoms with van der Waals surface area (Å²) in [5.74, 6) is -3.34. The first-order valence-corrected chi connectivity index (χ1v) is 12.8. The molecule has 6 rings (SSSR count). The van der Waals surface area contributed by atoms with E-state index in [4.69, 9.17) is 13.8 Å². The van der Waals surface area contributed by atoms with Crippen LogP contribution in [0.4, 0.5) is 8.78 Å². The van der Waals surface area contributed by atoms with Crippen molar-refractivity contribution in [1.29, 1.82) is 0 Å². The van der Waals surface area contributed by atoms with Crippen LogP contribution in [-0.4, -0.2) is 43.5 Å². The third kappa shape index (κ3) is 4.35. The van der Waals surface area contributed by atoms with Crippen LogP contribution >= 0.6 is 0 Å². The molecule has 1 saturated carbocycles. The molecular weight excluding hydrogens is 500 g/mol. The average molecular weight is 533 g/mol. The molecule has 1 aliphatic carbocycles. The quantitative estimate of drug-likeness (QED) is 0.242. The topological polar surface area (TPSA) is 74.8 Å². The molecule has 0 N–H and O–H groups in total. The molecule has 7 nitrogen and oxygen atoms in total. The summed E-state index contributed by atoms with van der Waals surface area (Å²) in [6.45, 7) is -2.50. The summed E-state index contributed by atoms with van der Waals surface area (Å²) in [6, 6.07) is 16.4. The lowest BCUT2D eigenvalue weighted by atomic mass is 9.79. The molecule has 5 aromatic rings. The molecule has 0 spiro atoms. The molecule has 200 valence electrons. The van der Waals surface area contributed by atoms with Crippen molar-refractivity contribution < 1.29 is 22.4 Å². The number of aryl methyl sites for hydroxylation is 2. The Bertz CT molecular complexity index is 1790. The molecular formula is C30H29F2N5O2. The second-order valence-electron chi connectivity index (χ2n) is 10.1. The lowest BCUT2D eigenvalue weighted by Gasteiger charge is -2.35. The van der Waals surface area contributed by atoms with Crippen LogP contribution in [0.3, 0.4) is 0 Å². The van der Waals surface area contributed by atoms with E-state index in [9.17, 15) is 13.6 Å². The molecule has 3 aromatic heterocycles. The number of ether oxygens (including phenoxy) is 1. The van der Waals surface area contributed by atoms with Crippen molar-refractivity contribution in [2.75, 3.05) is 7.11 Å². The van der Waals surface area contributed by atoms with Gasteiger partial charge in [-0.1, -0.05) is 35.5 Å². The predicted molar refractivity (Wildman–Crippen MR) is 145 cm³/mol. The van der Waals surface area contributed by atoms with E-state index in [2.05, 4.69) is 14.9 Å². The van der Waals surface area contributed by atoms with Crippen molar-refractivity contribution in [3.05, 3.63) is 77.6 Å². The fourth-order valence-corrected chi connectivity index (χ4v) is 5.92. The summed E-state index contributed by atoms with van der Waals surface area (Å²) < 4.78 is 61.1. The summed E-state index contributed by atoms with van der Waals surface area (Å²) >= 11 is 0. The molecule has 0 radical (unpaired) electrons. The minimum atomic E-state index is -2.70. The van der Waals surface area contributed by atoms with Crippen LogP contribution < -0.4 is 0 Å². The highest BCUT2D eigenvalue weighted by Gasteiger charge is 2.39. The molecule has 1 aliphatic rings. The van der Waals surface area contributed by atoms with E-state index in [1.807, 2.05) is 42.5 Å². The zero-order chi connectivity index (χ0) is 29.8. The van der Waals surface area contributed by atoms with Gasteiger partial charge in [-0.05, 0) is 55.4 Å². The Morgan fingerprint density at radius 1 is 1.13 bits per heavy atom. The fraction of sp³-hybridized carbons (Fsp3) is 0.333. The molecule has 0 bridgehead atoms. The minimum Gasteiger partial charge on any atom is -0.465 e. The Hall–Kier alpha value is -4.14. The molecule has 0 aliphatic heterocycles. The van der Waals surface area contributed by atoms with E-state index < -0.39 is 18.7 Å². The summed E-state index contributed by atoms with van der Waals surface area (Å²) in [4.78, 5) is 17.4. The highest BCUT2D eigenvalue weighted by molar-refractivity contribution is 6.08. The predicted octanol–water partition coefficient (Wildman–Crippen LogP) is 6.49. The number of methoxy groups -OCH3 is 1. The number of fused-ring (bicyclic) bond motifs is 3. The summed E-state index contributed by atoms with van der Waals surface area (Å²) in [5, 5.41) is 8.65. The molecule has 3 heterocycles. The number of rotatable bonds is 5. The number of esters is 1. The molecule has 39 heavy (non-hydrogen) atoms. The summed E-state index contributed by atoms with van der Waals surface area (Å²) in [7, 11) is 2.93. The van der Waals surface area contributed by atoms with Crippen molar-refractivity contribution in [3.63, 3.8) is 0 Å². The van der Waals surface area contributed by atoms with E-state index in [-0.39, 0.29) is 30.5 Å². The first-order chi connectivity index (χ1) is 20.0. The third-order valence-electron chi connectivity index (χ3n) is 7.79. The van der Waals surface area contributed by atoms with Gasteiger partial charge in [0.2, 0.25) is 5.92 Å². The minimum absolute atomic E-state index is 0.132. The van der Waals surface area contributed by atoms with E-state index in [0.717, 1.165) is 10.9 Å². The van der Waals surface area contributed by atoms with Gasteiger partial charge in [-0.2, -0.15) is 0 Å². The van der Waals surface area contributed by atoms with Crippen LogP contribution in [0.15, 0.2) is 60.8 Å². The zero-order valence-electron chi connectivity index (χ0n) is 24.6. The zero-order valence-corrected chi connectivity index (χ0v) is 21.6. The van der Waals surface area contributed by atoms with Crippen LogP contribution in [0.25, 0.3) is 33.2 Å². The van der Waals surface area contributed by atoms with E-state index in [0.29, 0.717) is 46.2 Å². The van der Waals surface area contributed by atoms with Crippen LogP contribution in [0, 0.1) is 12.8 Å². The first kappa shape index (κ1) is 21.8. The molecule has 9 heteroatoms. The van der Waals surface area contributed by atoms with Gasteiger partial charge in [-0.25, -0.2) is 18.3 Å². The molecule has 0 amide bonds. The monoisotopic (exact) mass is 532 g/mol. The molecule has 1 unspecified atom stereocenters. The number of carbonyl (C=O) groups excluding carboxylic acids is 1. The Labute approximate surface area is 228 Å². The number of halogens is 2. The maximum Gasteiger partial charge on any atom is 0.337 e. The summed E-state index contributed by atoms with van der Waals surface area (Å²) in [6.07, 6.45) is 1.79. The van der Waals surface area contributed by atoms with Gasteiger partial charge in [0.05, 0.1) is 46.7 Å². The van der Waals surface area contributed by atoms with Crippen molar-refractivity contribution in [1.82, 2.24) is 24.5 Å². The molecule has 0 saturated heterocycles. The van der Waals surface area contributed by atoms with Gasteiger partial charge in [0.15, 0.2) is 0 Å². The number of pyridine rings is 1. The van der Waals surface area contributed by atoms with Crippen LogP contribution in [-0.2, 0) is 11.8 Å². The van der Waals surface area contributed by atoms with Crippen molar-refractivity contribution in [2.24, 2.45) is 13.0 Å². The number of alkyl halides is 2. The first-order valence-electron chi connectivity index (χ1n) is 14.3. The number of nitrogens with zero attached hydrogens (tertiary/aromatic N) is 5. The molecule has 1 atom stereocenters. The number of hydrogen-bond donors (Lipinski definition) is 0. The average Bonchev–Trinajstić information content (AvgIpc) is 3.51. The third-order valence-corrected chi connectivity index (χ3v) is 7.79. The van der Waals surface area contributed by atoms with Gasteiger partial charge in [-0.3, -0.25) is 4.98 Å².